The molecule has 9 heterocycles. The number of nitrogen functional groups attached to an aromatic ring is 1. The number of aryl methyl sites for hydroxylation is 1. The van der Waals surface area contributed by atoms with E-state index in [2.05, 4.69) is 30.4 Å². The number of carbonyl (C=O) groups is 4. The molecule has 372 valence electrons. The molecule has 0 unspecified atom stereocenters. The van der Waals surface area contributed by atoms with Gasteiger partial charge in [-0.3, -0.25) is 29.4 Å². The Hall–Kier alpha value is -7.30. The van der Waals surface area contributed by atoms with Gasteiger partial charge in [-0.2, -0.15) is 10.2 Å². The molecule has 5 aromatic heterocycles. The molecule has 11 rings (SSSR count). The van der Waals surface area contributed by atoms with Crippen LogP contribution in [0.4, 0.5) is 31.3 Å². The van der Waals surface area contributed by atoms with Crippen LogP contribution in [0.2, 0.25) is 0 Å². The van der Waals surface area contributed by atoms with Crippen LogP contribution in [0.5, 0.6) is 0 Å². The molecular weight excluding hydrogens is 916 g/mol. The third-order valence-corrected chi connectivity index (χ3v) is 14.7. The van der Waals surface area contributed by atoms with E-state index in [0.717, 1.165) is 69.5 Å². The highest BCUT2D eigenvalue weighted by Gasteiger charge is 2.37. The number of rotatable bonds is 11. The Morgan fingerprint density at radius 1 is 0.873 bits per heavy atom. The smallest absolute Gasteiger partial charge is 0.410 e. The van der Waals surface area contributed by atoms with Gasteiger partial charge in [-0.05, 0) is 81.9 Å². The Bertz CT molecular complexity index is 3020. The quantitative estimate of drug-likeness (QED) is 0.177. The summed E-state index contributed by atoms with van der Waals surface area (Å²) in [5.41, 5.74) is 10.5. The number of piperidine rings is 2. The van der Waals surface area contributed by atoms with Gasteiger partial charge in [0, 0.05) is 109 Å². The fourth-order valence-electron chi connectivity index (χ4n) is 10.6. The van der Waals surface area contributed by atoms with Gasteiger partial charge < -0.3 is 29.7 Å². The molecule has 5 aliphatic rings. The second kappa shape index (κ2) is 18.8. The lowest BCUT2D eigenvalue weighted by Gasteiger charge is -2.39. The maximum Gasteiger partial charge on any atom is 0.410 e. The number of carbonyl (C=O) groups excluding carboxylic acids is 4. The van der Waals surface area contributed by atoms with Gasteiger partial charge in [-0.15, -0.1) is 0 Å². The topological polar surface area (TPSA) is 245 Å². The maximum atomic E-state index is 16.1. The van der Waals surface area contributed by atoms with Crippen LogP contribution in [0, 0.1) is 11.7 Å². The van der Waals surface area contributed by atoms with E-state index < -0.39 is 17.9 Å². The lowest BCUT2D eigenvalue weighted by molar-refractivity contribution is -0.135. The minimum atomic E-state index is -0.562. The predicted molar refractivity (Wildman–Crippen MR) is 258 cm³/mol. The van der Waals surface area contributed by atoms with Crippen LogP contribution in [-0.4, -0.2) is 155 Å². The summed E-state index contributed by atoms with van der Waals surface area (Å²) >= 11 is 0. The number of anilines is 3. The van der Waals surface area contributed by atoms with Crippen LogP contribution in [0.1, 0.15) is 88.0 Å². The first-order valence-electron chi connectivity index (χ1n) is 24.6. The van der Waals surface area contributed by atoms with Gasteiger partial charge >= 0.3 is 12.1 Å². The lowest BCUT2D eigenvalue weighted by Crippen LogP contribution is -2.49. The first-order valence-corrected chi connectivity index (χ1v) is 24.6. The Morgan fingerprint density at radius 3 is 2.31 bits per heavy atom. The molecule has 5 fully saturated rings. The minimum absolute atomic E-state index is 0.0142. The SMILES string of the molecule is CC(C)n1nc(-c2noc(C3CC3)c2-c2ncc(C3CCN(C(=O)COC(=O)N4CCC(CN5CCN(c6ccc7c(N8CCC(=O)NC8=O)nn(C)c7c6F)CC5)CC4)CC3)cn2)c2c(N)ncnc21. The number of nitrogens with two attached hydrogens (primary N) is 1. The minimum Gasteiger partial charge on any atom is -0.439 e. The van der Waals surface area contributed by atoms with Gasteiger partial charge in [0.2, 0.25) is 5.91 Å². The predicted octanol–water partition coefficient (Wildman–Crippen LogP) is 4.83. The molecule has 3 N–H and O–H groups in total. The molecule has 1 aliphatic carbocycles. The number of ether oxygens (including phenoxy) is 1. The van der Waals surface area contributed by atoms with E-state index in [9.17, 15) is 19.2 Å². The number of piperazine rings is 1. The van der Waals surface area contributed by atoms with Gasteiger partial charge in [0.15, 0.2) is 35.5 Å². The van der Waals surface area contributed by atoms with E-state index in [0.29, 0.717) is 107 Å². The number of hydrogen-bond acceptors (Lipinski definition) is 16. The molecule has 1 saturated carbocycles. The summed E-state index contributed by atoms with van der Waals surface area (Å²) in [6, 6.07) is 2.99. The number of urea groups is 1. The molecule has 1 aromatic carbocycles. The standard InChI is InChI=1S/C48H57FN16O6/c1-27(2)65-46-37(43(50)53-26-54-46)39(56-65)40-36(42(71-58-40)30-4-5-30)44-51-22-31(23-52-44)29-10-15-62(16-11-29)35(67)25-70-48(69)63-13-8-28(9-14-63)24-60-18-20-61(21-19-60)33-7-6-32-41(38(33)49)59(3)57-45(32)64-17-12-34(66)55-47(64)68/h6-7,22-23,26-30H,4-5,8-21,24-25H2,1-3H3,(H2,50,53,54)(H,55,66,68). The number of halogens is 1. The number of nitrogens with one attached hydrogen (secondary N) is 1. The van der Waals surface area contributed by atoms with Gasteiger partial charge in [0.05, 0.1) is 16.6 Å². The highest BCUT2D eigenvalue weighted by Crippen LogP contribution is 2.48. The van der Waals surface area contributed by atoms with Gasteiger partial charge in [0.25, 0.3) is 5.91 Å². The van der Waals surface area contributed by atoms with Crippen LogP contribution in [-0.2, 0) is 21.4 Å². The van der Waals surface area contributed by atoms with Gasteiger partial charge in [-0.1, -0.05) is 5.16 Å². The van der Waals surface area contributed by atoms with Gasteiger partial charge in [-0.25, -0.2) is 38.6 Å². The van der Waals surface area contributed by atoms with Crippen molar-refractivity contribution in [3.8, 4) is 22.8 Å². The second-order valence-electron chi connectivity index (χ2n) is 19.7. The molecule has 6 aromatic rings. The monoisotopic (exact) mass is 972 g/mol. The van der Waals surface area contributed by atoms with E-state index in [-0.39, 0.29) is 49.3 Å². The molecule has 0 bridgehead atoms. The van der Waals surface area contributed by atoms with Crippen molar-refractivity contribution >= 4 is 63.2 Å². The number of nitrogens with zero attached hydrogens (tertiary/aromatic N) is 14. The van der Waals surface area contributed by atoms with Crippen molar-refractivity contribution in [1.29, 1.82) is 0 Å². The third kappa shape index (κ3) is 8.84. The van der Waals surface area contributed by atoms with Crippen molar-refractivity contribution in [2.75, 3.05) is 87.6 Å². The fraction of sp³-hybridized carbons (Fsp3) is 0.521. The Morgan fingerprint density at radius 2 is 1.61 bits per heavy atom. The van der Waals surface area contributed by atoms with Crippen molar-refractivity contribution < 1.29 is 32.8 Å². The average Bonchev–Trinajstić information content (AvgIpc) is 3.85. The molecule has 5 amide bonds. The summed E-state index contributed by atoms with van der Waals surface area (Å²) in [4.78, 5) is 78.2. The number of amides is 5. The maximum absolute atomic E-state index is 16.1. The normalized spacial score (nSPS) is 18.9. The first kappa shape index (κ1) is 46.1. The Balaban J connectivity index is 0.629. The first-order chi connectivity index (χ1) is 34.4. The summed E-state index contributed by atoms with van der Waals surface area (Å²) in [7, 11) is 1.65. The zero-order valence-electron chi connectivity index (χ0n) is 40.1. The lowest BCUT2D eigenvalue weighted by atomic mass is 9.91. The fourth-order valence-corrected chi connectivity index (χ4v) is 10.6. The number of aromatic nitrogens is 9. The summed E-state index contributed by atoms with van der Waals surface area (Å²) in [6.07, 6.45) is 9.89. The van der Waals surface area contributed by atoms with Crippen LogP contribution in [0.3, 0.4) is 0 Å². The third-order valence-electron chi connectivity index (χ3n) is 14.7. The average molecular weight is 973 g/mol. The van der Waals surface area contributed by atoms with Crippen molar-refractivity contribution in [3.05, 3.63) is 48.0 Å². The number of imide groups is 1. The summed E-state index contributed by atoms with van der Waals surface area (Å²) in [5, 5.41) is 17.2. The highest BCUT2D eigenvalue weighted by molar-refractivity contribution is 6.09. The van der Waals surface area contributed by atoms with E-state index in [1.54, 1.807) is 29.0 Å². The van der Waals surface area contributed by atoms with E-state index >= 15 is 4.39 Å². The molecule has 71 heavy (non-hydrogen) atoms. The van der Waals surface area contributed by atoms with E-state index in [1.807, 2.05) is 35.8 Å². The molecule has 4 saturated heterocycles. The molecule has 4 aliphatic heterocycles. The molecule has 23 heteroatoms. The van der Waals surface area contributed by atoms with Crippen molar-refractivity contribution in [2.24, 2.45) is 13.0 Å². The molecule has 0 radical (unpaired) electrons. The number of hydrogen-bond donors (Lipinski definition) is 2. The van der Waals surface area contributed by atoms with Crippen molar-refractivity contribution in [1.82, 2.24) is 64.7 Å². The van der Waals surface area contributed by atoms with E-state index in [4.69, 9.17) is 30.1 Å². The molecule has 22 nitrogen and oxygen atoms in total. The van der Waals surface area contributed by atoms with Crippen molar-refractivity contribution in [3.63, 3.8) is 0 Å². The van der Waals surface area contributed by atoms with Gasteiger partial charge in [0.1, 0.15) is 29.0 Å². The summed E-state index contributed by atoms with van der Waals surface area (Å²) in [6.45, 7) is 9.80. The highest BCUT2D eigenvalue weighted by atomic mass is 19.1. The Kier molecular flexibility index (Phi) is 12.2. The van der Waals surface area contributed by atoms with Crippen LogP contribution >= 0.6 is 0 Å². The number of fused-ring (bicyclic) bond motifs is 2. The number of likely N-dealkylation sites (tertiary alicyclic amines) is 2. The summed E-state index contributed by atoms with van der Waals surface area (Å²) < 4.78 is 30.9. The zero-order valence-corrected chi connectivity index (χ0v) is 40.1. The molecular formula is C48H57FN16O6. The van der Waals surface area contributed by atoms with Crippen LogP contribution < -0.4 is 20.9 Å². The van der Waals surface area contributed by atoms with Crippen LogP contribution in [0.25, 0.3) is 44.7 Å². The summed E-state index contributed by atoms with van der Waals surface area (Å²) in [5.74, 6) is 1.69. The van der Waals surface area contributed by atoms with Crippen LogP contribution in [0.15, 0.2) is 35.4 Å². The Labute approximate surface area is 407 Å². The van der Waals surface area contributed by atoms with Crippen molar-refractivity contribution in [2.45, 2.75) is 76.7 Å². The van der Waals surface area contributed by atoms with E-state index in [1.165, 1.54) is 15.9 Å². The molecule has 0 spiro atoms. The molecule has 0 atom stereocenters. The second-order valence-corrected chi connectivity index (χ2v) is 19.7. The largest absolute Gasteiger partial charge is 0.439 e. The zero-order chi connectivity index (χ0) is 49.1. The number of benzene rings is 1.